The molecule has 0 aromatic heterocycles. The molecule has 92 valence electrons. The monoisotopic (exact) mass is 274 g/mol. The van der Waals surface area contributed by atoms with E-state index >= 15 is 0 Å². The van der Waals surface area contributed by atoms with E-state index in [9.17, 15) is 17.1 Å². The number of carbonyl (C=O) groups is 1. The molecule has 0 fully saturated rings. The van der Waals surface area contributed by atoms with Crippen LogP contribution in [0, 0.1) is 0 Å². The fourth-order valence-electron chi connectivity index (χ4n) is 1.18. The summed E-state index contributed by atoms with van der Waals surface area (Å²) in [5, 5.41) is -0.0268. The molecule has 17 heavy (non-hydrogen) atoms. The highest BCUT2D eigenvalue weighted by Gasteiger charge is 2.14. The van der Waals surface area contributed by atoms with Crippen LogP contribution in [-0.4, -0.2) is 19.3 Å². The fourth-order valence-corrected chi connectivity index (χ4v) is 2.27. The molecular weight excluding hydrogens is 263 g/mol. The smallest absolute Gasteiger partial charge is 0.288 e. The van der Waals surface area contributed by atoms with Crippen molar-refractivity contribution in [3.05, 3.63) is 35.9 Å². The van der Waals surface area contributed by atoms with Gasteiger partial charge in [0.05, 0.1) is 0 Å². The first-order chi connectivity index (χ1) is 7.91. The van der Waals surface area contributed by atoms with Gasteiger partial charge in [0.25, 0.3) is 0 Å². The van der Waals surface area contributed by atoms with Gasteiger partial charge in [-0.25, -0.2) is 0 Å². The molecule has 0 unspecified atom stereocenters. The highest BCUT2D eigenvalue weighted by molar-refractivity contribution is 8.13. The number of hydrogen-bond donors (Lipinski definition) is 0. The first-order valence-corrected chi connectivity index (χ1v) is 7.12. The molecule has 3 nitrogen and oxygen atoms in total. The second-order valence-corrected chi connectivity index (χ2v) is 5.69. The van der Waals surface area contributed by atoms with Crippen LogP contribution in [0.5, 0.6) is 0 Å². The Labute approximate surface area is 104 Å². The SMILES string of the molecule is CC(=O)SCC=Cc1ccccc1S(=O)(=O)F. The van der Waals surface area contributed by atoms with Crippen LogP contribution in [-0.2, 0) is 15.0 Å². The Morgan fingerprint density at radius 2 is 2.06 bits per heavy atom. The van der Waals surface area contributed by atoms with Gasteiger partial charge in [-0.15, -0.1) is 3.89 Å². The largest absolute Gasteiger partial charge is 0.332 e. The lowest BCUT2D eigenvalue weighted by Gasteiger charge is -2.00. The quantitative estimate of drug-likeness (QED) is 0.792. The molecule has 0 saturated carbocycles. The molecule has 1 rings (SSSR count). The van der Waals surface area contributed by atoms with Gasteiger partial charge in [0.15, 0.2) is 5.12 Å². The summed E-state index contributed by atoms with van der Waals surface area (Å²) >= 11 is 1.09. The summed E-state index contributed by atoms with van der Waals surface area (Å²) < 4.78 is 34.6. The van der Waals surface area contributed by atoms with Crippen molar-refractivity contribution in [2.24, 2.45) is 0 Å². The second kappa shape index (κ2) is 5.97. The van der Waals surface area contributed by atoms with Gasteiger partial charge < -0.3 is 0 Å². The lowest BCUT2D eigenvalue weighted by molar-refractivity contribution is -0.109. The van der Waals surface area contributed by atoms with E-state index in [1.807, 2.05) is 0 Å². The third-order valence-corrected chi connectivity index (χ3v) is 3.52. The van der Waals surface area contributed by atoms with Crippen LogP contribution < -0.4 is 0 Å². The zero-order chi connectivity index (χ0) is 12.9. The third kappa shape index (κ3) is 4.70. The Hall–Kier alpha value is -1.14. The van der Waals surface area contributed by atoms with E-state index < -0.39 is 10.2 Å². The van der Waals surface area contributed by atoms with E-state index in [1.54, 1.807) is 12.1 Å². The molecule has 0 spiro atoms. The average Bonchev–Trinajstić information content (AvgIpc) is 2.23. The molecule has 1 aromatic carbocycles. The van der Waals surface area contributed by atoms with E-state index in [4.69, 9.17) is 0 Å². The molecule has 0 aliphatic rings. The maximum atomic E-state index is 12.9. The van der Waals surface area contributed by atoms with Gasteiger partial charge in [-0.3, -0.25) is 4.79 Å². The molecule has 0 aliphatic carbocycles. The van der Waals surface area contributed by atoms with Crippen molar-refractivity contribution in [1.29, 1.82) is 0 Å². The molecule has 0 atom stereocenters. The predicted octanol–water partition coefficient (Wildman–Crippen LogP) is 2.64. The summed E-state index contributed by atoms with van der Waals surface area (Å²) in [4.78, 5) is 10.3. The molecule has 0 N–H and O–H groups in total. The molecule has 0 heterocycles. The second-order valence-electron chi connectivity index (χ2n) is 3.18. The van der Waals surface area contributed by atoms with Crippen molar-refractivity contribution in [2.45, 2.75) is 11.8 Å². The van der Waals surface area contributed by atoms with Crippen molar-refractivity contribution in [1.82, 2.24) is 0 Å². The third-order valence-electron chi connectivity index (χ3n) is 1.86. The summed E-state index contributed by atoms with van der Waals surface area (Å²) in [7, 11) is -4.71. The zero-order valence-electron chi connectivity index (χ0n) is 9.09. The minimum absolute atomic E-state index is 0.0268. The van der Waals surface area contributed by atoms with Crippen molar-refractivity contribution in [3.8, 4) is 0 Å². The van der Waals surface area contributed by atoms with Crippen LogP contribution in [0.15, 0.2) is 35.2 Å². The Balaban J connectivity index is 2.88. The van der Waals surface area contributed by atoms with Crippen molar-refractivity contribution in [2.75, 3.05) is 5.75 Å². The number of thioether (sulfide) groups is 1. The van der Waals surface area contributed by atoms with Crippen molar-refractivity contribution in [3.63, 3.8) is 0 Å². The van der Waals surface area contributed by atoms with E-state index in [-0.39, 0.29) is 15.6 Å². The van der Waals surface area contributed by atoms with Gasteiger partial charge >= 0.3 is 10.2 Å². The van der Waals surface area contributed by atoms with Crippen LogP contribution in [0.2, 0.25) is 0 Å². The first-order valence-electron chi connectivity index (χ1n) is 4.75. The number of halogens is 1. The highest BCUT2D eigenvalue weighted by Crippen LogP contribution is 2.19. The van der Waals surface area contributed by atoms with Crippen LogP contribution in [0.25, 0.3) is 6.08 Å². The lowest BCUT2D eigenvalue weighted by atomic mass is 10.2. The van der Waals surface area contributed by atoms with Gasteiger partial charge in [-0.1, -0.05) is 42.1 Å². The Kier molecular flexibility index (Phi) is 4.89. The maximum Gasteiger partial charge on any atom is 0.332 e. The van der Waals surface area contributed by atoms with Crippen molar-refractivity contribution < 1.29 is 17.1 Å². The summed E-state index contributed by atoms with van der Waals surface area (Å²) in [5.41, 5.74) is 0.277. The van der Waals surface area contributed by atoms with Gasteiger partial charge in [-0.2, -0.15) is 8.42 Å². The fraction of sp³-hybridized carbons (Fsp3) is 0.182. The Morgan fingerprint density at radius 1 is 1.41 bits per heavy atom. The maximum absolute atomic E-state index is 12.9. The van der Waals surface area contributed by atoms with Gasteiger partial charge in [0, 0.05) is 12.7 Å². The van der Waals surface area contributed by atoms with E-state index in [0.29, 0.717) is 5.75 Å². The van der Waals surface area contributed by atoms with Crippen molar-refractivity contribution >= 4 is 33.2 Å². The molecule has 0 amide bonds. The Bertz CT molecular complexity index is 535. The van der Waals surface area contributed by atoms with Gasteiger partial charge in [0.1, 0.15) is 4.90 Å². The summed E-state index contributed by atoms with van der Waals surface area (Å²) in [5.74, 6) is 0.427. The molecule has 0 bridgehead atoms. The zero-order valence-corrected chi connectivity index (χ0v) is 10.7. The summed E-state index contributed by atoms with van der Waals surface area (Å²) in [6.45, 7) is 1.44. The molecule has 0 aliphatic heterocycles. The molecule has 0 saturated heterocycles. The number of rotatable bonds is 4. The molecule has 0 radical (unpaired) electrons. The van der Waals surface area contributed by atoms with Crippen LogP contribution in [0.3, 0.4) is 0 Å². The van der Waals surface area contributed by atoms with Gasteiger partial charge in [0.2, 0.25) is 0 Å². The first kappa shape index (κ1) is 13.9. The molecular formula is C11H11FO3S2. The topological polar surface area (TPSA) is 51.2 Å². The minimum Gasteiger partial charge on any atom is -0.288 e. The van der Waals surface area contributed by atoms with E-state index in [1.165, 1.54) is 31.2 Å². The standard InChI is InChI=1S/C11H11FO3S2/c1-9(13)16-8-4-6-10-5-2-3-7-11(10)17(12,14)15/h2-7H,8H2,1H3. The number of carbonyl (C=O) groups excluding carboxylic acids is 1. The highest BCUT2D eigenvalue weighted by atomic mass is 32.3. The molecule has 1 aromatic rings. The predicted molar refractivity (Wildman–Crippen MR) is 66.9 cm³/mol. The van der Waals surface area contributed by atoms with Gasteiger partial charge in [-0.05, 0) is 11.6 Å². The normalized spacial score (nSPS) is 11.9. The van der Waals surface area contributed by atoms with E-state index in [0.717, 1.165) is 11.8 Å². The minimum atomic E-state index is -4.71. The van der Waals surface area contributed by atoms with Crippen LogP contribution in [0.4, 0.5) is 3.89 Å². The van der Waals surface area contributed by atoms with Crippen LogP contribution >= 0.6 is 11.8 Å². The molecule has 6 heteroatoms. The number of hydrogen-bond acceptors (Lipinski definition) is 4. The number of benzene rings is 1. The van der Waals surface area contributed by atoms with Crippen LogP contribution in [0.1, 0.15) is 12.5 Å². The lowest BCUT2D eigenvalue weighted by Crippen LogP contribution is -1.94. The average molecular weight is 274 g/mol. The Morgan fingerprint density at radius 3 is 2.65 bits per heavy atom. The summed E-state index contributed by atoms with van der Waals surface area (Å²) in [6.07, 6.45) is 3.11. The van der Waals surface area contributed by atoms with E-state index in [2.05, 4.69) is 0 Å². The summed E-state index contributed by atoms with van der Waals surface area (Å²) in [6, 6.07) is 5.77.